The van der Waals surface area contributed by atoms with E-state index in [2.05, 4.69) is 0 Å². The molecular formula is C14H16F2O3. The van der Waals surface area contributed by atoms with E-state index in [4.69, 9.17) is 4.74 Å². The lowest BCUT2D eigenvalue weighted by Crippen LogP contribution is -2.29. The van der Waals surface area contributed by atoms with E-state index < -0.39 is 28.8 Å². The Morgan fingerprint density at radius 2 is 1.84 bits per heavy atom. The van der Waals surface area contributed by atoms with Gasteiger partial charge >= 0.3 is 5.97 Å². The normalized spacial score (nSPS) is 11.2. The predicted molar refractivity (Wildman–Crippen MR) is 65.7 cm³/mol. The van der Waals surface area contributed by atoms with Gasteiger partial charge in [0.05, 0.1) is 12.0 Å². The molecule has 0 radical (unpaired) electrons. The summed E-state index contributed by atoms with van der Waals surface area (Å²) in [6, 6.07) is 2.92. The molecule has 19 heavy (non-hydrogen) atoms. The first kappa shape index (κ1) is 15.3. The third-order valence-corrected chi connectivity index (χ3v) is 2.67. The molecule has 0 aliphatic rings. The van der Waals surface area contributed by atoms with Crippen LogP contribution >= 0.6 is 0 Å². The highest BCUT2D eigenvalue weighted by Crippen LogP contribution is 2.25. The second kappa shape index (κ2) is 5.91. The summed E-state index contributed by atoms with van der Waals surface area (Å²) in [6.45, 7) is 5.04. The van der Waals surface area contributed by atoms with Gasteiger partial charge in [0.25, 0.3) is 0 Å². The van der Waals surface area contributed by atoms with Gasteiger partial charge in [-0.1, -0.05) is 0 Å². The van der Waals surface area contributed by atoms with Crippen molar-refractivity contribution in [3.8, 4) is 0 Å². The fraction of sp³-hybridized carbons (Fsp3) is 0.429. The van der Waals surface area contributed by atoms with Crippen LogP contribution in [0.5, 0.6) is 0 Å². The average molecular weight is 270 g/mol. The first-order valence-electron chi connectivity index (χ1n) is 5.93. The predicted octanol–water partition coefficient (Wildman–Crippen LogP) is 3.13. The van der Waals surface area contributed by atoms with E-state index in [1.165, 1.54) is 6.07 Å². The summed E-state index contributed by atoms with van der Waals surface area (Å²) in [5, 5.41) is 0. The van der Waals surface area contributed by atoms with Crippen LogP contribution in [0.1, 0.15) is 37.6 Å². The molecule has 0 N–H and O–H groups in total. The maximum Gasteiger partial charge on any atom is 0.311 e. The summed E-state index contributed by atoms with van der Waals surface area (Å²) in [5.74, 6) is -3.02. The van der Waals surface area contributed by atoms with Crippen molar-refractivity contribution in [1.82, 2.24) is 0 Å². The molecule has 0 atom stereocenters. The Morgan fingerprint density at radius 3 is 2.37 bits per heavy atom. The number of hydrogen-bond acceptors (Lipinski definition) is 3. The summed E-state index contributed by atoms with van der Waals surface area (Å²) < 4.78 is 30.7. The van der Waals surface area contributed by atoms with Crippen LogP contribution in [0.25, 0.3) is 0 Å². The summed E-state index contributed by atoms with van der Waals surface area (Å²) in [6.07, 6.45) is -0.128. The SMILES string of the molecule is CCOC(=O)C(C)(C)CC(=O)c1ccc(F)c(F)c1. The van der Waals surface area contributed by atoms with Crippen LogP contribution in [0.15, 0.2) is 18.2 Å². The summed E-state index contributed by atoms with van der Waals surface area (Å²) >= 11 is 0. The highest BCUT2D eigenvalue weighted by atomic mass is 19.2. The Morgan fingerprint density at radius 1 is 1.21 bits per heavy atom. The molecular weight excluding hydrogens is 254 g/mol. The Bertz CT molecular complexity index is 495. The Hall–Kier alpha value is -1.78. The minimum absolute atomic E-state index is 0.0382. The smallest absolute Gasteiger partial charge is 0.311 e. The second-order valence-electron chi connectivity index (χ2n) is 4.83. The molecule has 1 aromatic carbocycles. The van der Waals surface area contributed by atoms with Gasteiger partial charge in [-0.25, -0.2) is 8.78 Å². The average Bonchev–Trinajstić information content (AvgIpc) is 2.32. The van der Waals surface area contributed by atoms with Crippen LogP contribution in [0.3, 0.4) is 0 Å². The van der Waals surface area contributed by atoms with E-state index in [1.54, 1.807) is 20.8 Å². The highest BCUT2D eigenvalue weighted by Gasteiger charge is 2.32. The van der Waals surface area contributed by atoms with Gasteiger partial charge in [0.1, 0.15) is 0 Å². The number of Topliss-reactive ketones (excluding diaryl/α,β-unsaturated/α-hetero) is 1. The summed E-state index contributed by atoms with van der Waals surface area (Å²) in [4.78, 5) is 23.6. The number of ketones is 1. The molecule has 0 aromatic heterocycles. The molecule has 0 bridgehead atoms. The number of benzene rings is 1. The van der Waals surface area contributed by atoms with Crippen LogP contribution in [-0.2, 0) is 9.53 Å². The van der Waals surface area contributed by atoms with Crippen molar-refractivity contribution in [3.05, 3.63) is 35.4 Å². The fourth-order valence-corrected chi connectivity index (χ4v) is 1.57. The van der Waals surface area contributed by atoms with Gasteiger partial charge in [-0.3, -0.25) is 9.59 Å². The van der Waals surface area contributed by atoms with Crippen molar-refractivity contribution in [2.45, 2.75) is 27.2 Å². The van der Waals surface area contributed by atoms with Crippen LogP contribution in [0.2, 0.25) is 0 Å². The van der Waals surface area contributed by atoms with E-state index in [9.17, 15) is 18.4 Å². The molecule has 1 aromatic rings. The molecule has 1 rings (SSSR count). The number of carbonyl (C=O) groups is 2. The Balaban J connectivity index is 2.84. The number of rotatable bonds is 5. The Kier molecular flexibility index (Phi) is 4.75. The van der Waals surface area contributed by atoms with E-state index in [1.807, 2.05) is 0 Å². The lowest BCUT2D eigenvalue weighted by atomic mass is 9.85. The summed E-state index contributed by atoms with van der Waals surface area (Å²) in [7, 11) is 0. The van der Waals surface area contributed by atoms with Gasteiger partial charge in [0.2, 0.25) is 0 Å². The molecule has 0 saturated carbocycles. The van der Waals surface area contributed by atoms with Gasteiger partial charge in [0.15, 0.2) is 17.4 Å². The molecule has 0 saturated heterocycles. The second-order valence-corrected chi connectivity index (χ2v) is 4.83. The maximum atomic E-state index is 13.0. The topological polar surface area (TPSA) is 43.4 Å². The lowest BCUT2D eigenvalue weighted by Gasteiger charge is -2.21. The molecule has 0 aliphatic carbocycles. The molecule has 5 heteroatoms. The van der Waals surface area contributed by atoms with Gasteiger partial charge in [-0.2, -0.15) is 0 Å². The van der Waals surface area contributed by atoms with Crippen LogP contribution in [0.4, 0.5) is 8.78 Å². The molecule has 0 amide bonds. The molecule has 0 aliphatic heterocycles. The van der Waals surface area contributed by atoms with Crippen molar-refractivity contribution >= 4 is 11.8 Å². The molecule has 0 unspecified atom stereocenters. The number of hydrogen-bond donors (Lipinski definition) is 0. The van der Waals surface area contributed by atoms with Gasteiger partial charge < -0.3 is 4.74 Å². The third kappa shape index (κ3) is 3.84. The maximum absolute atomic E-state index is 13.0. The number of esters is 1. The van der Waals surface area contributed by atoms with Crippen molar-refractivity contribution < 1.29 is 23.1 Å². The van der Waals surface area contributed by atoms with E-state index >= 15 is 0 Å². The molecule has 0 spiro atoms. The van der Waals surface area contributed by atoms with Gasteiger partial charge in [-0.05, 0) is 39.0 Å². The third-order valence-electron chi connectivity index (χ3n) is 2.67. The quantitative estimate of drug-likeness (QED) is 0.610. The van der Waals surface area contributed by atoms with Crippen molar-refractivity contribution in [3.63, 3.8) is 0 Å². The zero-order valence-electron chi connectivity index (χ0n) is 11.1. The van der Waals surface area contributed by atoms with Crippen LogP contribution in [0, 0.1) is 17.0 Å². The van der Waals surface area contributed by atoms with Crippen molar-refractivity contribution in [2.24, 2.45) is 5.41 Å². The number of carbonyl (C=O) groups excluding carboxylic acids is 2. The largest absolute Gasteiger partial charge is 0.466 e. The minimum Gasteiger partial charge on any atom is -0.466 e. The standard InChI is InChI=1S/C14H16F2O3/c1-4-19-13(18)14(2,3)8-12(17)9-5-6-10(15)11(16)7-9/h5-7H,4,8H2,1-3H3. The molecule has 104 valence electrons. The minimum atomic E-state index is -1.08. The van der Waals surface area contributed by atoms with Crippen LogP contribution in [-0.4, -0.2) is 18.4 Å². The lowest BCUT2D eigenvalue weighted by molar-refractivity contribution is -0.153. The molecule has 0 heterocycles. The number of halogens is 2. The van der Waals surface area contributed by atoms with E-state index in [0.29, 0.717) is 0 Å². The van der Waals surface area contributed by atoms with Crippen molar-refractivity contribution in [1.29, 1.82) is 0 Å². The van der Waals surface area contributed by atoms with Crippen LogP contribution < -0.4 is 0 Å². The zero-order chi connectivity index (χ0) is 14.6. The Labute approximate surface area is 110 Å². The zero-order valence-corrected chi connectivity index (χ0v) is 11.1. The monoisotopic (exact) mass is 270 g/mol. The van der Waals surface area contributed by atoms with Gasteiger partial charge in [-0.15, -0.1) is 0 Å². The van der Waals surface area contributed by atoms with E-state index in [-0.39, 0.29) is 18.6 Å². The highest BCUT2D eigenvalue weighted by molar-refractivity contribution is 5.98. The molecule has 3 nitrogen and oxygen atoms in total. The first-order valence-corrected chi connectivity index (χ1v) is 5.93. The molecule has 0 fully saturated rings. The van der Waals surface area contributed by atoms with E-state index in [0.717, 1.165) is 12.1 Å². The first-order chi connectivity index (χ1) is 8.77. The summed E-state index contributed by atoms with van der Waals surface area (Å²) in [5.41, 5.74) is -0.964. The fourth-order valence-electron chi connectivity index (χ4n) is 1.57. The van der Waals surface area contributed by atoms with Crippen molar-refractivity contribution in [2.75, 3.05) is 6.61 Å². The number of ether oxygens (including phenoxy) is 1. The van der Waals surface area contributed by atoms with Gasteiger partial charge in [0, 0.05) is 12.0 Å².